The molecule has 4 saturated carbocycles. The molecule has 7 rings (SSSR count). The van der Waals surface area contributed by atoms with Crippen molar-refractivity contribution in [2.45, 2.75) is 129 Å². The molecule has 0 bridgehead atoms. The van der Waals surface area contributed by atoms with E-state index in [4.69, 9.17) is 14.5 Å². The average Bonchev–Trinajstić information content (AvgIpc) is 3.60. The summed E-state index contributed by atoms with van der Waals surface area (Å²) in [5.74, 6) is 5.64. The van der Waals surface area contributed by atoms with Gasteiger partial charge in [-0.1, -0.05) is 64.5 Å². The molecule has 4 aliphatic carbocycles. The number of carbonyl (C=O) groups excluding carboxylic acids is 2. The Kier molecular flexibility index (Phi) is 11.4. The van der Waals surface area contributed by atoms with Crippen LogP contribution >= 0.6 is 11.3 Å². The Hall–Kier alpha value is -2.73. The lowest BCUT2D eigenvalue weighted by molar-refractivity contribution is -0.141. The molecule has 0 saturated heterocycles. The molecule has 2 aromatic carbocycles. The molecule has 6 heteroatoms. The van der Waals surface area contributed by atoms with E-state index < -0.39 is 0 Å². The quantitative estimate of drug-likeness (QED) is 0.166. The highest BCUT2D eigenvalue weighted by Gasteiger charge is 2.35. The molecule has 4 aliphatic rings. The molecular weight excluding hydrogens is 627 g/mol. The van der Waals surface area contributed by atoms with Gasteiger partial charge < -0.3 is 9.47 Å². The normalized spacial score (nSPS) is 30.9. The van der Waals surface area contributed by atoms with Gasteiger partial charge in [0.05, 0.1) is 27.6 Å². The zero-order valence-corrected chi connectivity index (χ0v) is 30.7. The molecule has 264 valence electrons. The SMILES string of the molecule is CCC1CCC(C2CCC(C(=O)Oc3ccc(OC(=O)[C@H]4CC[C@H](C5CCC(CC)CC5)CC4)cc3-c3nc4ccccc4s3)CC2)CC1. The fourth-order valence-electron chi connectivity index (χ4n) is 10.00. The number of benzene rings is 2. The predicted molar refractivity (Wildman–Crippen MR) is 199 cm³/mol. The molecule has 3 aromatic rings. The third-order valence-electron chi connectivity index (χ3n) is 13.4. The molecule has 0 radical (unpaired) electrons. The van der Waals surface area contributed by atoms with Crippen LogP contribution in [0.4, 0.5) is 0 Å². The van der Waals surface area contributed by atoms with E-state index in [-0.39, 0.29) is 23.8 Å². The van der Waals surface area contributed by atoms with Crippen LogP contribution in [0.1, 0.15) is 129 Å². The van der Waals surface area contributed by atoms with E-state index in [1.165, 1.54) is 64.2 Å². The maximum absolute atomic E-state index is 13.6. The van der Waals surface area contributed by atoms with Gasteiger partial charge in [0.15, 0.2) is 0 Å². The van der Waals surface area contributed by atoms with Crippen LogP contribution in [-0.2, 0) is 9.59 Å². The number of fused-ring (bicyclic) bond motifs is 1. The van der Waals surface area contributed by atoms with Gasteiger partial charge in [-0.25, -0.2) is 4.98 Å². The fourth-order valence-corrected chi connectivity index (χ4v) is 11.0. The summed E-state index contributed by atoms with van der Waals surface area (Å²) in [6.07, 6.45) is 21.8. The molecule has 1 aromatic heterocycles. The second-order valence-electron chi connectivity index (χ2n) is 16.1. The number of aromatic nitrogens is 1. The van der Waals surface area contributed by atoms with Crippen molar-refractivity contribution in [1.29, 1.82) is 0 Å². The van der Waals surface area contributed by atoms with Gasteiger partial charge in [0.1, 0.15) is 16.5 Å². The Morgan fingerprint density at radius 2 is 1.12 bits per heavy atom. The van der Waals surface area contributed by atoms with Gasteiger partial charge in [0, 0.05) is 0 Å². The van der Waals surface area contributed by atoms with Crippen LogP contribution in [0, 0.1) is 47.3 Å². The number of ether oxygens (including phenoxy) is 2. The van der Waals surface area contributed by atoms with Crippen LogP contribution in [0.2, 0.25) is 0 Å². The van der Waals surface area contributed by atoms with E-state index in [0.717, 1.165) is 102 Å². The second-order valence-corrected chi connectivity index (χ2v) is 17.1. The van der Waals surface area contributed by atoms with Crippen molar-refractivity contribution in [2.75, 3.05) is 0 Å². The number of rotatable bonds is 9. The van der Waals surface area contributed by atoms with Gasteiger partial charge >= 0.3 is 11.9 Å². The summed E-state index contributed by atoms with van der Waals surface area (Å²) in [4.78, 5) is 31.9. The summed E-state index contributed by atoms with van der Waals surface area (Å²) in [6, 6.07) is 13.5. The third kappa shape index (κ3) is 8.26. The lowest BCUT2D eigenvalue weighted by Crippen LogP contribution is -2.30. The molecular formula is C43H57NO4S. The largest absolute Gasteiger partial charge is 0.426 e. The fraction of sp³-hybridized carbons (Fsp3) is 0.651. The molecule has 1 heterocycles. The van der Waals surface area contributed by atoms with Gasteiger partial charge in [-0.05, 0) is 143 Å². The van der Waals surface area contributed by atoms with E-state index in [2.05, 4.69) is 19.9 Å². The highest BCUT2D eigenvalue weighted by molar-refractivity contribution is 7.21. The molecule has 49 heavy (non-hydrogen) atoms. The number of carbonyl (C=O) groups is 2. The van der Waals surface area contributed by atoms with Crippen LogP contribution in [0.15, 0.2) is 42.5 Å². The van der Waals surface area contributed by atoms with Crippen molar-refractivity contribution < 1.29 is 19.1 Å². The minimum absolute atomic E-state index is 0.0524. The minimum atomic E-state index is -0.139. The Labute approximate surface area is 298 Å². The molecule has 0 spiro atoms. The first-order valence-corrected chi connectivity index (χ1v) is 20.7. The Morgan fingerprint density at radius 1 is 0.633 bits per heavy atom. The van der Waals surface area contributed by atoms with E-state index in [9.17, 15) is 9.59 Å². The van der Waals surface area contributed by atoms with Crippen molar-refractivity contribution >= 4 is 33.5 Å². The lowest BCUT2D eigenvalue weighted by atomic mass is 9.69. The first-order chi connectivity index (χ1) is 24.0. The van der Waals surface area contributed by atoms with Gasteiger partial charge in [-0.2, -0.15) is 0 Å². The standard InChI is InChI=1S/C43H57NO4S/c1-3-28-9-13-30(14-10-28)32-17-21-34(22-18-32)42(45)47-36-25-26-39(37(27-36)41-44-38-7-5-6-8-40(38)49-41)48-43(46)35-23-19-33(20-24-35)31-15-11-29(4-2)12-16-31/h5-8,25-35H,3-4,9-24H2,1-2H3/t28?,29?,30?,31?,32-,33?,34-,35?. The third-order valence-corrected chi connectivity index (χ3v) is 14.5. The first kappa shape index (κ1) is 34.7. The summed E-state index contributed by atoms with van der Waals surface area (Å²) in [7, 11) is 0. The molecule has 0 atom stereocenters. The van der Waals surface area contributed by atoms with E-state index in [1.807, 2.05) is 30.3 Å². The number of hydrogen-bond acceptors (Lipinski definition) is 6. The van der Waals surface area contributed by atoms with Gasteiger partial charge in [0.25, 0.3) is 0 Å². The molecule has 4 fully saturated rings. The van der Waals surface area contributed by atoms with Gasteiger partial charge in [-0.3, -0.25) is 9.59 Å². The summed E-state index contributed by atoms with van der Waals surface area (Å²) >= 11 is 1.57. The van der Waals surface area contributed by atoms with Crippen molar-refractivity contribution in [3.63, 3.8) is 0 Å². The van der Waals surface area contributed by atoms with Gasteiger partial charge in [-0.15, -0.1) is 11.3 Å². The smallest absolute Gasteiger partial charge is 0.314 e. The van der Waals surface area contributed by atoms with E-state index in [1.54, 1.807) is 17.4 Å². The molecule has 0 aliphatic heterocycles. The van der Waals surface area contributed by atoms with Crippen LogP contribution < -0.4 is 9.47 Å². The lowest BCUT2D eigenvalue weighted by Gasteiger charge is -2.37. The van der Waals surface area contributed by atoms with Crippen LogP contribution in [-0.4, -0.2) is 16.9 Å². The van der Waals surface area contributed by atoms with Crippen molar-refractivity contribution in [3.05, 3.63) is 42.5 Å². The number of nitrogens with zero attached hydrogens (tertiary/aromatic N) is 1. The van der Waals surface area contributed by atoms with Crippen LogP contribution in [0.3, 0.4) is 0 Å². The van der Waals surface area contributed by atoms with E-state index in [0.29, 0.717) is 17.1 Å². The summed E-state index contributed by atoms with van der Waals surface area (Å²) in [6.45, 7) is 4.66. The average molecular weight is 684 g/mol. The summed E-state index contributed by atoms with van der Waals surface area (Å²) < 4.78 is 13.3. The zero-order chi connectivity index (χ0) is 33.7. The second kappa shape index (κ2) is 16.1. The van der Waals surface area contributed by atoms with Crippen molar-refractivity contribution in [1.82, 2.24) is 4.98 Å². The van der Waals surface area contributed by atoms with Crippen molar-refractivity contribution in [2.24, 2.45) is 47.3 Å². The topological polar surface area (TPSA) is 65.5 Å². The minimum Gasteiger partial charge on any atom is -0.426 e. The van der Waals surface area contributed by atoms with Gasteiger partial charge in [0.2, 0.25) is 0 Å². The predicted octanol–water partition coefficient (Wildman–Crippen LogP) is 11.8. The van der Waals surface area contributed by atoms with Crippen LogP contribution in [0.25, 0.3) is 20.8 Å². The highest BCUT2D eigenvalue weighted by atomic mass is 32.1. The summed E-state index contributed by atoms with van der Waals surface area (Å²) in [5, 5.41) is 0.770. The number of para-hydroxylation sites is 1. The van der Waals surface area contributed by atoms with Crippen LogP contribution in [0.5, 0.6) is 11.5 Å². The van der Waals surface area contributed by atoms with E-state index >= 15 is 0 Å². The number of thiazole rings is 1. The molecule has 0 unspecified atom stereocenters. The maximum atomic E-state index is 13.6. The van der Waals surface area contributed by atoms with Crippen molar-refractivity contribution in [3.8, 4) is 22.1 Å². The Balaban J connectivity index is 0.994. The number of hydrogen-bond donors (Lipinski definition) is 0. The summed E-state index contributed by atoms with van der Waals surface area (Å²) in [5.41, 5.74) is 1.63. The molecule has 0 N–H and O–H groups in total. The monoisotopic (exact) mass is 683 g/mol. The Morgan fingerprint density at radius 3 is 1.63 bits per heavy atom. The molecule has 0 amide bonds. The first-order valence-electron chi connectivity index (χ1n) is 19.9. The number of esters is 2. The highest BCUT2D eigenvalue weighted by Crippen LogP contribution is 2.45. The zero-order valence-electron chi connectivity index (χ0n) is 29.9. The molecule has 5 nitrogen and oxygen atoms in total. The maximum Gasteiger partial charge on any atom is 0.314 e. The Bertz CT molecular complexity index is 1520.